The number of aliphatic hydroxyl groups is 1. The molecule has 0 aliphatic carbocycles. The fourth-order valence-corrected chi connectivity index (χ4v) is 3.06. The van der Waals surface area contributed by atoms with E-state index in [1.165, 1.54) is 17.2 Å². The number of hydrogen-bond acceptors (Lipinski definition) is 9. The highest BCUT2D eigenvalue weighted by Crippen LogP contribution is 2.44. The standard InChI is InChI=1S/C10H15N6O6P/c11-1-4-7(22-23(18,19)20)6(17)10(21-4)16-3-15-5-8(12)13-2-14-9(5)16/h2-4,6-7,10,17H,1,11H2,(H2,12,13,14)(H2,18,19,20)/t4-,6-,7-,10-/m1/s1. The van der Waals surface area contributed by atoms with E-state index in [9.17, 15) is 9.67 Å². The molecule has 3 heterocycles. The van der Waals surface area contributed by atoms with Gasteiger partial charge in [-0.2, -0.15) is 0 Å². The smallest absolute Gasteiger partial charge is 0.386 e. The Balaban J connectivity index is 1.96. The Kier molecular flexibility index (Phi) is 4.06. The van der Waals surface area contributed by atoms with E-state index >= 15 is 0 Å². The summed E-state index contributed by atoms with van der Waals surface area (Å²) < 4.78 is 22.6. The molecule has 1 aliphatic heterocycles. The van der Waals surface area contributed by atoms with Gasteiger partial charge in [0.1, 0.15) is 30.2 Å². The highest BCUT2D eigenvalue weighted by molar-refractivity contribution is 7.46. The summed E-state index contributed by atoms with van der Waals surface area (Å²) in [5.41, 5.74) is 11.8. The molecule has 3 rings (SSSR count). The maximum Gasteiger partial charge on any atom is 0.470 e. The van der Waals surface area contributed by atoms with Crippen molar-refractivity contribution in [1.82, 2.24) is 19.5 Å². The van der Waals surface area contributed by atoms with Crippen molar-refractivity contribution in [2.24, 2.45) is 5.73 Å². The fourth-order valence-electron chi connectivity index (χ4n) is 2.48. The Morgan fingerprint density at radius 2 is 2.13 bits per heavy atom. The zero-order valence-corrected chi connectivity index (χ0v) is 12.5. The summed E-state index contributed by atoms with van der Waals surface area (Å²) >= 11 is 0. The van der Waals surface area contributed by atoms with Gasteiger partial charge >= 0.3 is 7.82 Å². The second-order valence-electron chi connectivity index (χ2n) is 4.93. The summed E-state index contributed by atoms with van der Waals surface area (Å²) in [6.07, 6.45) is -2.11. The first-order valence-electron chi connectivity index (χ1n) is 6.52. The van der Waals surface area contributed by atoms with Crippen molar-refractivity contribution in [3.05, 3.63) is 12.7 Å². The molecule has 0 saturated carbocycles. The second-order valence-corrected chi connectivity index (χ2v) is 6.13. The lowest BCUT2D eigenvalue weighted by Gasteiger charge is -2.20. The number of aromatic nitrogens is 4. The number of hydrogen-bond donors (Lipinski definition) is 5. The van der Waals surface area contributed by atoms with Crippen LogP contribution in [0.5, 0.6) is 0 Å². The van der Waals surface area contributed by atoms with Crippen LogP contribution in [-0.2, 0) is 13.8 Å². The molecule has 1 fully saturated rings. The lowest BCUT2D eigenvalue weighted by Crippen LogP contribution is -2.37. The summed E-state index contributed by atoms with van der Waals surface area (Å²) in [6, 6.07) is 0. The maximum atomic E-state index is 11.1. The van der Waals surface area contributed by atoms with Crippen LogP contribution in [0.3, 0.4) is 0 Å². The summed E-state index contributed by atoms with van der Waals surface area (Å²) in [5, 5.41) is 10.3. The number of phosphoric acid groups is 1. The van der Waals surface area contributed by atoms with Gasteiger partial charge in [0.05, 0.1) is 6.33 Å². The summed E-state index contributed by atoms with van der Waals surface area (Å²) in [4.78, 5) is 29.8. The number of nitrogens with zero attached hydrogens (tertiary/aromatic N) is 4. The molecular weight excluding hydrogens is 331 g/mol. The van der Waals surface area contributed by atoms with Crippen LogP contribution in [0, 0.1) is 0 Å². The van der Waals surface area contributed by atoms with Crippen molar-refractivity contribution in [3.63, 3.8) is 0 Å². The second kappa shape index (κ2) is 5.76. The molecule has 0 unspecified atom stereocenters. The Labute approximate surface area is 129 Å². The molecule has 0 amide bonds. The number of aliphatic hydroxyl groups excluding tert-OH is 1. The molecule has 2 aromatic heterocycles. The van der Waals surface area contributed by atoms with Crippen molar-refractivity contribution in [2.75, 3.05) is 12.3 Å². The minimum Gasteiger partial charge on any atom is -0.386 e. The minimum absolute atomic E-state index is 0.109. The Morgan fingerprint density at radius 3 is 2.78 bits per heavy atom. The van der Waals surface area contributed by atoms with E-state index in [1.807, 2.05) is 0 Å². The number of fused-ring (bicyclic) bond motifs is 1. The van der Waals surface area contributed by atoms with E-state index in [2.05, 4.69) is 19.5 Å². The normalized spacial score (nSPS) is 28.5. The Hall–Kier alpha value is -1.66. The lowest BCUT2D eigenvalue weighted by molar-refractivity contribution is -0.0322. The van der Waals surface area contributed by atoms with E-state index in [0.717, 1.165) is 0 Å². The van der Waals surface area contributed by atoms with Gasteiger partial charge in [-0.05, 0) is 0 Å². The van der Waals surface area contributed by atoms with Crippen LogP contribution in [0.1, 0.15) is 6.23 Å². The fraction of sp³-hybridized carbons (Fsp3) is 0.500. The van der Waals surface area contributed by atoms with E-state index in [4.69, 9.17) is 26.0 Å². The molecule has 13 heteroatoms. The number of phosphoric ester groups is 1. The van der Waals surface area contributed by atoms with Gasteiger partial charge in [-0.3, -0.25) is 9.09 Å². The number of anilines is 1. The van der Waals surface area contributed by atoms with Gasteiger partial charge in [0.15, 0.2) is 17.7 Å². The third kappa shape index (κ3) is 2.93. The Bertz CT molecular complexity index is 763. The molecule has 23 heavy (non-hydrogen) atoms. The number of nitrogen functional groups attached to an aromatic ring is 1. The number of ether oxygens (including phenoxy) is 1. The van der Waals surface area contributed by atoms with E-state index in [0.29, 0.717) is 11.2 Å². The van der Waals surface area contributed by atoms with Gasteiger partial charge in [0.2, 0.25) is 0 Å². The van der Waals surface area contributed by atoms with Gasteiger partial charge < -0.3 is 31.1 Å². The van der Waals surface area contributed by atoms with Crippen LogP contribution in [0.15, 0.2) is 12.7 Å². The number of rotatable bonds is 4. The molecule has 0 radical (unpaired) electrons. The molecule has 7 N–H and O–H groups in total. The van der Waals surface area contributed by atoms with Gasteiger partial charge in [-0.1, -0.05) is 0 Å². The zero-order valence-electron chi connectivity index (χ0n) is 11.6. The van der Waals surface area contributed by atoms with Gasteiger partial charge in [0.25, 0.3) is 0 Å². The minimum atomic E-state index is -4.83. The highest BCUT2D eigenvalue weighted by atomic mass is 31.2. The summed E-state index contributed by atoms with van der Waals surface area (Å²) in [7, 11) is -4.83. The van der Waals surface area contributed by atoms with E-state index in [1.54, 1.807) is 0 Å². The van der Waals surface area contributed by atoms with Crippen molar-refractivity contribution < 1.29 is 28.7 Å². The molecule has 1 saturated heterocycles. The first kappa shape index (κ1) is 16.2. The molecule has 0 spiro atoms. The molecule has 4 atom stereocenters. The molecule has 0 bridgehead atoms. The van der Waals surface area contributed by atoms with Gasteiger partial charge in [-0.25, -0.2) is 19.5 Å². The molecule has 0 aromatic carbocycles. The monoisotopic (exact) mass is 346 g/mol. The molecule has 12 nitrogen and oxygen atoms in total. The molecule has 1 aliphatic rings. The van der Waals surface area contributed by atoms with Crippen LogP contribution in [0.2, 0.25) is 0 Å². The first-order chi connectivity index (χ1) is 10.8. The third-order valence-corrected chi connectivity index (χ3v) is 3.98. The number of imidazole rings is 1. The quantitative estimate of drug-likeness (QED) is 0.388. The van der Waals surface area contributed by atoms with E-state index in [-0.39, 0.29) is 12.4 Å². The average molecular weight is 346 g/mol. The lowest BCUT2D eigenvalue weighted by atomic mass is 10.1. The van der Waals surface area contributed by atoms with Gasteiger partial charge in [0, 0.05) is 6.54 Å². The van der Waals surface area contributed by atoms with Crippen LogP contribution in [0.25, 0.3) is 11.2 Å². The van der Waals surface area contributed by atoms with Gasteiger partial charge in [-0.15, -0.1) is 0 Å². The summed E-state index contributed by atoms with van der Waals surface area (Å²) in [5.74, 6) is 0.152. The number of nitrogens with two attached hydrogens (primary N) is 2. The molecular formula is C10H15N6O6P. The van der Waals surface area contributed by atoms with Crippen LogP contribution >= 0.6 is 7.82 Å². The van der Waals surface area contributed by atoms with Crippen molar-refractivity contribution in [3.8, 4) is 0 Å². The zero-order chi connectivity index (χ0) is 16.8. The van der Waals surface area contributed by atoms with Crippen molar-refractivity contribution in [1.29, 1.82) is 0 Å². The van der Waals surface area contributed by atoms with Crippen LogP contribution in [0.4, 0.5) is 5.82 Å². The molecule has 2 aromatic rings. The molecule has 126 valence electrons. The van der Waals surface area contributed by atoms with Crippen molar-refractivity contribution >= 4 is 24.8 Å². The SMILES string of the molecule is NC[C@H]1O[C@@H](n2cnc3c(N)ncnc32)[C@H](O)[C@@H]1OP(=O)(O)O. The van der Waals surface area contributed by atoms with E-state index < -0.39 is 32.4 Å². The van der Waals surface area contributed by atoms with Crippen LogP contribution in [-0.4, -0.2) is 59.3 Å². The Morgan fingerprint density at radius 1 is 1.39 bits per heavy atom. The first-order valence-corrected chi connectivity index (χ1v) is 8.05. The predicted octanol–water partition coefficient (Wildman–Crippen LogP) is -1.90. The topological polar surface area (TPSA) is 192 Å². The summed E-state index contributed by atoms with van der Waals surface area (Å²) in [6.45, 7) is -0.109. The predicted molar refractivity (Wildman–Crippen MR) is 75.6 cm³/mol. The maximum absolute atomic E-state index is 11.1. The highest BCUT2D eigenvalue weighted by Gasteiger charge is 2.48. The third-order valence-electron chi connectivity index (χ3n) is 3.46. The largest absolute Gasteiger partial charge is 0.470 e. The van der Waals surface area contributed by atoms with Crippen molar-refractivity contribution in [2.45, 2.75) is 24.5 Å². The van der Waals surface area contributed by atoms with Crippen LogP contribution < -0.4 is 11.5 Å². The average Bonchev–Trinajstić information content (AvgIpc) is 3.01.